The maximum Gasteiger partial charge on any atom is 0.231 e. The van der Waals surface area contributed by atoms with E-state index in [0.717, 1.165) is 6.07 Å². The lowest BCUT2D eigenvalue weighted by Gasteiger charge is -2.01. The first-order valence-electron chi connectivity index (χ1n) is 4.10. The van der Waals surface area contributed by atoms with E-state index in [2.05, 4.69) is 4.98 Å². The fourth-order valence-corrected chi connectivity index (χ4v) is 1.34. The molecule has 0 aliphatic carbocycles. The molecule has 3 nitrogen and oxygen atoms in total. The highest BCUT2D eigenvalue weighted by atomic mass is 19.1. The van der Waals surface area contributed by atoms with E-state index in [1.54, 1.807) is 6.92 Å². The van der Waals surface area contributed by atoms with Gasteiger partial charge in [0.25, 0.3) is 0 Å². The molecule has 1 aromatic heterocycles. The second kappa shape index (κ2) is 2.83. The van der Waals surface area contributed by atoms with Crippen LogP contribution in [0.25, 0.3) is 10.9 Å². The molecule has 1 heterocycles. The Hall–Kier alpha value is -1.84. The molecule has 0 amide bonds. The van der Waals surface area contributed by atoms with Crippen LogP contribution in [0.2, 0.25) is 0 Å². The van der Waals surface area contributed by atoms with Crippen LogP contribution in [0.1, 0.15) is 5.56 Å². The number of nitrogens with one attached hydrogen (secondary N) is 1. The minimum atomic E-state index is -0.558. The first kappa shape index (κ1) is 8.74. The summed E-state index contributed by atoms with van der Waals surface area (Å²) in [6, 6.07) is 2.66. The van der Waals surface area contributed by atoms with Crippen LogP contribution in [-0.4, -0.2) is 10.1 Å². The van der Waals surface area contributed by atoms with E-state index in [0.29, 0.717) is 11.1 Å². The SMILES string of the molecule is Cc1cc2[nH]cc(O)c(=O)c2cc1F. The van der Waals surface area contributed by atoms with Gasteiger partial charge < -0.3 is 10.1 Å². The van der Waals surface area contributed by atoms with Gasteiger partial charge in [0.05, 0.1) is 5.39 Å². The van der Waals surface area contributed by atoms with E-state index in [9.17, 15) is 9.18 Å². The van der Waals surface area contributed by atoms with Gasteiger partial charge in [0.1, 0.15) is 5.82 Å². The van der Waals surface area contributed by atoms with Crippen LogP contribution >= 0.6 is 0 Å². The Morgan fingerprint density at radius 1 is 1.43 bits per heavy atom. The Kier molecular flexibility index (Phi) is 1.77. The van der Waals surface area contributed by atoms with E-state index in [1.165, 1.54) is 12.3 Å². The van der Waals surface area contributed by atoms with Crippen LogP contribution in [0.15, 0.2) is 23.1 Å². The van der Waals surface area contributed by atoms with Gasteiger partial charge in [-0.3, -0.25) is 4.79 Å². The number of rotatable bonds is 0. The molecule has 0 saturated heterocycles. The van der Waals surface area contributed by atoms with Crippen molar-refractivity contribution in [2.75, 3.05) is 0 Å². The first-order chi connectivity index (χ1) is 6.59. The minimum Gasteiger partial charge on any atom is -0.503 e. The van der Waals surface area contributed by atoms with Crippen molar-refractivity contribution in [1.29, 1.82) is 0 Å². The lowest BCUT2D eigenvalue weighted by atomic mass is 10.1. The lowest BCUT2D eigenvalue weighted by Crippen LogP contribution is -2.02. The highest BCUT2D eigenvalue weighted by Crippen LogP contribution is 2.15. The van der Waals surface area contributed by atoms with Crippen molar-refractivity contribution in [2.45, 2.75) is 6.92 Å². The third kappa shape index (κ3) is 1.16. The molecule has 4 heteroatoms. The van der Waals surface area contributed by atoms with Crippen LogP contribution in [0.5, 0.6) is 5.75 Å². The molecule has 2 aromatic rings. The van der Waals surface area contributed by atoms with Gasteiger partial charge >= 0.3 is 0 Å². The molecule has 2 rings (SSSR count). The van der Waals surface area contributed by atoms with E-state index in [-0.39, 0.29) is 5.39 Å². The van der Waals surface area contributed by atoms with Crippen molar-refractivity contribution < 1.29 is 9.50 Å². The van der Waals surface area contributed by atoms with Crippen LogP contribution in [0, 0.1) is 12.7 Å². The molecule has 0 saturated carbocycles. The van der Waals surface area contributed by atoms with Gasteiger partial charge in [-0.15, -0.1) is 0 Å². The number of benzene rings is 1. The van der Waals surface area contributed by atoms with Gasteiger partial charge in [-0.2, -0.15) is 0 Å². The topological polar surface area (TPSA) is 53.1 Å². The molecule has 0 aliphatic heterocycles. The fraction of sp³-hybridized carbons (Fsp3) is 0.100. The fourth-order valence-electron chi connectivity index (χ4n) is 1.34. The average molecular weight is 193 g/mol. The second-order valence-electron chi connectivity index (χ2n) is 3.15. The predicted molar refractivity (Wildman–Crippen MR) is 50.9 cm³/mol. The number of aryl methyl sites for hydroxylation is 1. The molecule has 1 aromatic carbocycles. The molecule has 0 atom stereocenters. The Morgan fingerprint density at radius 2 is 2.14 bits per heavy atom. The van der Waals surface area contributed by atoms with Crippen LogP contribution in [0.3, 0.4) is 0 Å². The molecule has 0 aliphatic rings. The van der Waals surface area contributed by atoms with Crippen molar-refractivity contribution >= 4 is 10.9 Å². The number of halogens is 1. The molecule has 0 bridgehead atoms. The number of fused-ring (bicyclic) bond motifs is 1. The monoisotopic (exact) mass is 193 g/mol. The molecule has 0 fully saturated rings. The Morgan fingerprint density at radius 3 is 2.86 bits per heavy atom. The van der Waals surface area contributed by atoms with E-state index in [4.69, 9.17) is 5.11 Å². The molecule has 2 N–H and O–H groups in total. The Bertz CT molecular complexity index is 560. The summed E-state index contributed by atoms with van der Waals surface area (Å²) in [5.74, 6) is -0.852. The second-order valence-corrected chi connectivity index (χ2v) is 3.15. The smallest absolute Gasteiger partial charge is 0.231 e. The summed E-state index contributed by atoms with van der Waals surface area (Å²) in [4.78, 5) is 14.1. The zero-order valence-electron chi connectivity index (χ0n) is 7.47. The molecule has 14 heavy (non-hydrogen) atoms. The summed E-state index contributed by atoms with van der Waals surface area (Å²) < 4.78 is 13.1. The largest absolute Gasteiger partial charge is 0.503 e. The van der Waals surface area contributed by atoms with Crippen molar-refractivity contribution in [3.8, 4) is 5.75 Å². The molecular weight excluding hydrogens is 185 g/mol. The number of pyridine rings is 1. The Balaban J connectivity index is 2.97. The highest BCUT2D eigenvalue weighted by molar-refractivity contribution is 5.80. The number of hydrogen-bond donors (Lipinski definition) is 2. The molecule has 0 unspecified atom stereocenters. The number of aromatic hydroxyl groups is 1. The molecule has 72 valence electrons. The summed E-state index contributed by atoms with van der Waals surface area (Å²) in [5.41, 5.74) is 0.420. The third-order valence-electron chi connectivity index (χ3n) is 2.14. The first-order valence-corrected chi connectivity index (χ1v) is 4.10. The lowest BCUT2D eigenvalue weighted by molar-refractivity contribution is 0.469. The third-order valence-corrected chi connectivity index (χ3v) is 2.14. The molecular formula is C10H8FNO2. The molecule has 0 spiro atoms. The van der Waals surface area contributed by atoms with Crippen molar-refractivity contribution in [3.63, 3.8) is 0 Å². The number of hydrogen-bond acceptors (Lipinski definition) is 2. The number of H-pyrrole nitrogens is 1. The van der Waals surface area contributed by atoms with E-state index < -0.39 is 17.0 Å². The molecule has 0 radical (unpaired) electrons. The van der Waals surface area contributed by atoms with Crippen LogP contribution in [0.4, 0.5) is 4.39 Å². The predicted octanol–water partition coefficient (Wildman–Crippen LogP) is 1.68. The van der Waals surface area contributed by atoms with Gasteiger partial charge in [0.2, 0.25) is 5.43 Å². The Labute approximate surface area is 78.8 Å². The van der Waals surface area contributed by atoms with Gasteiger partial charge in [-0.1, -0.05) is 0 Å². The summed E-state index contributed by atoms with van der Waals surface area (Å²) in [6.07, 6.45) is 1.20. The summed E-state index contributed by atoms with van der Waals surface area (Å²) >= 11 is 0. The quantitative estimate of drug-likeness (QED) is 0.668. The zero-order valence-corrected chi connectivity index (χ0v) is 7.47. The maximum atomic E-state index is 13.1. The van der Waals surface area contributed by atoms with Gasteiger partial charge in [0, 0.05) is 11.7 Å². The zero-order chi connectivity index (χ0) is 10.3. The number of aromatic amines is 1. The standard InChI is InChI=1S/C10H8FNO2/c1-5-2-8-6(3-7(5)11)10(14)9(13)4-12-8/h2-4,13H,1H3,(H,12,14). The summed E-state index contributed by atoms with van der Waals surface area (Å²) in [5, 5.41) is 9.27. The van der Waals surface area contributed by atoms with Crippen molar-refractivity contribution in [3.05, 3.63) is 39.9 Å². The highest BCUT2D eigenvalue weighted by Gasteiger charge is 2.06. The average Bonchev–Trinajstić information content (AvgIpc) is 2.15. The van der Waals surface area contributed by atoms with E-state index >= 15 is 0 Å². The maximum absolute atomic E-state index is 13.1. The van der Waals surface area contributed by atoms with E-state index in [1.807, 2.05) is 0 Å². The summed E-state index contributed by atoms with van der Waals surface area (Å²) in [7, 11) is 0. The van der Waals surface area contributed by atoms with Crippen LogP contribution < -0.4 is 5.43 Å². The van der Waals surface area contributed by atoms with Gasteiger partial charge in [-0.25, -0.2) is 4.39 Å². The van der Waals surface area contributed by atoms with Crippen molar-refractivity contribution in [1.82, 2.24) is 4.98 Å². The normalized spacial score (nSPS) is 10.7. The van der Waals surface area contributed by atoms with Crippen LogP contribution in [-0.2, 0) is 0 Å². The van der Waals surface area contributed by atoms with Gasteiger partial charge in [-0.05, 0) is 24.6 Å². The minimum absolute atomic E-state index is 0.160. The van der Waals surface area contributed by atoms with Crippen molar-refractivity contribution in [2.24, 2.45) is 0 Å². The number of aromatic nitrogens is 1. The summed E-state index contributed by atoms with van der Waals surface area (Å²) in [6.45, 7) is 1.61. The van der Waals surface area contributed by atoms with Gasteiger partial charge in [0.15, 0.2) is 5.75 Å².